The zero-order chi connectivity index (χ0) is 22.1. The second-order valence-corrected chi connectivity index (χ2v) is 7.12. The highest BCUT2D eigenvalue weighted by molar-refractivity contribution is 6.03. The van der Waals surface area contributed by atoms with E-state index < -0.39 is 17.7 Å². The summed E-state index contributed by atoms with van der Waals surface area (Å²) >= 11 is 0. The van der Waals surface area contributed by atoms with Crippen LogP contribution < -0.4 is 9.47 Å². The lowest BCUT2D eigenvalue weighted by Gasteiger charge is -2.40. The lowest BCUT2D eigenvalue weighted by atomic mass is 9.92. The molecule has 0 fully saturated rings. The standard InChI is InChI=1S/C23H28N2O5/c1-6-24(7-2)21(26)15(3)25-22(27)16-11-8-9-12-17(16)23(25,28)18-13-10-14-19(29-4)20(18)30-5/h8-15,28H,6-7H2,1-5H3/t15-,23-/m0/s1. The van der Waals surface area contributed by atoms with E-state index in [2.05, 4.69) is 0 Å². The summed E-state index contributed by atoms with van der Waals surface area (Å²) in [5.74, 6) is 0.0786. The third-order valence-corrected chi connectivity index (χ3v) is 5.70. The lowest BCUT2D eigenvalue weighted by Crippen LogP contribution is -2.55. The predicted molar refractivity (Wildman–Crippen MR) is 113 cm³/mol. The van der Waals surface area contributed by atoms with Gasteiger partial charge in [-0.3, -0.25) is 14.5 Å². The van der Waals surface area contributed by atoms with Crippen LogP contribution in [0, 0.1) is 0 Å². The van der Waals surface area contributed by atoms with E-state index in [9.17, 15) is 14.7 Å². The predicted octanol–water partition coefficient (Wildman–Crippen LogP) is 2.61. The van der Waals surface area contributed by atoms with Crippen LogP contribution in [0.4, 0.5) is 0 Å². The van der Waals surface area contributed by atoms with Crippen molar-refractivity contribution in [3.8, 4) is 11.5 Å². The van der Waals surface area contributed by atoms with Gasteiger partial charge in [0.1, 0.15) is 6.04 Å². The van der Waals surface area contributed by atoms with Crippen LogP contribution in [0.5, 0.6) is 11.5 Å². The number of carbonyl (C=O) groups excluding carboxylic acids is 2. The van der Waals surface area contributed by atoms with Crippen LogP contribution in [-0.4, -0.2) is 60.1 Å². The molecule has 160 valence electrons. The van der Waals surface area contributed by atoms with Crippen molar-refractivity contribution in [1.82, 2.24) is 9.80 Å². The molecule has 1 heterocycles. The number of hydrogen-bond donors (Lipinski definition) is 1. The molecule has 1 aliphatic rings. The summed E-state index contributed by atoms with van der Waals surface area (Å²) in [4.78, 5) is 29.4. The monoisotopic (exact) mass is 412 g/mol. The number of likely N-dealkylation sites (N-methyl/N-ethyl adjacent to an activating group) is 1. The van der Waals surface area contributed by atoms with Gasteiger partial charge in [0.2, 0.25) is 5.91 Å². The van der Waals surface area contributed by atoms with E-state index in [1.807, 2.05) is 13.8 Å². The van der Waals surface area contributed by atoms with Gasteiger partial charge in [-0.2, -0.15) is 0 Å². The molecule has 0 aliphatic carbocycles. The number of rotatable bonds is 7. The lowest BCUT2D eigenvalue weighted by molar-refractivity contribution is -0.143. The Labute approximate surface area is 176 Å². The van der Waals surface area contributed by atoms with E-state index in [0.29, 0.717) is 41.3 Å². The van der Waals surface area contributed by atoms with Crippen LogP contribution in [0.1, 0.15) is 42.3 Å². The Balaban J connectivity index is 2.25. The molecule has 3 rings (SSSR count). The molecule has 30 heavy (non-hydrogen) atoms. The summed E-state index contributed by atoms with van der Waals surface area (Å²) in [6, 6.07) is 11.1. The molecule has 2 amide bonds. The van der Waals surface area contributed by atoms with E-state index in [1.54, 1.807) is 54.3 Å². The Hall–Kier alpha value is -3.06. The molecule has 0 saturated heterocycles. The fourth-order valence-corrected chi connectivity index (χ4v) is 4.18. The van der Waals surface area contributed by atoms with Gasteiger partial charge in [-0.15, -0.1) is 0 Å². The Morgan fingerprint density at radius 3 is 2.30 bits per heavy atom. The molecule has 1 N–H and O–H groups in total. The molecule has 2 aromatic carbocycles. The molecule has 0 radical (unpaired) electrons. The Bertz CT molecular complexity index is 956. The number of amides is 2. The van der Waals surface area contributed by atoms with Crippen molar-refractivity contribution in [2.45, 2.75) is 32.5 Å². The number of nitrogens with zero attached hydrogens (tertiary/aromatic N) is 2. The maximum atomic E-state index is 13.4. The summed E-state index contributed by atoms with van der Waals surface area (Å²) in [5.41, 5.74) is -0.804. The molecule has 0 saturated carbocycles. The molecule has 2 aromatic rings. The van der Waals surface area contributed by atoms with E-state index in [4.69, 9.17) is 9.47 Å². The fourth-order valence-electron chi connectivity index (χ4n) is 4.18. The Kier molecular flexibility index (Phi) is 6.03. The van der Waals surface area contributed by atoms with Gasteiger partial charge in [0.25, 0.3) is 5.91 Å². The Morgan fingerprint density at radius 2 is 1.70 bits per heavy atom. The minimum atomic E-state index is -1.89. The van der Waals surface area contributed by atoms with Crippen molar-refractivity contribution in [3.63, 3.8) is 0 Å². The van der Waals surface area contributed by atoms with Crippen molar-refractivity contribution in [2.24, 2.45) is 0 Å². The minimum absolute atomic E-state index is 0.235. The van der Waals surface area contributed by atoms with E-state index in [-0.39, 0.29) is 5.91 Å². The van der Waals surface area contributed by atoms with Crippen LogP contribution in [0.25, 0.3) is 0 Å². The highest BCUT2D eigenvalue weighted by Crippen LogP contribution is 2.48. The topological polar surface area (TPSA) is 79.3 Å². The van der Waals surface area contributed by atoms with Crippen LogP contribution in [0.15, 0.2) is 42.5 Å². The maximum absolute atomic E-state index is 13.4. The molecule has 0 spiro atoms. The third kappa shape index (κ3) is 3.10. The summed E-state index contributed by atoms with van der Waals surface area (Å²) in [5, 5.41) is 12.1. The average molecular weight is 412 g/mol. The highest BCUT2D eigenvalue weighted by Gasteiger charge is 2.54. The van der Waals surface area contributed by atoms with Crippen LogP contribution in [-0.2, 0) is 10.5 Å². The number of hydrogen-bond acceptors (Lipinski definition) is 5. The average Bonchev–Trinajstić information content (AvgIpc) is 3.01. The number of para-hydroxylation sites is 1. The summed E-state index contributed by atoms with van der Waals surface area (Å²) < 4.78 is 11.0. The first-order valence-electron chi connectivity index (χ1n) is 10.0. The van der Waals surface area contributed by atoms with Gasteiger partial charge < -0.3 is 19.5 Å². The molecule has 7 heteroatoms. The van der Waals surface area contributed by atoms with Gasteiger partial charge in [-0.25, -0.2) is 0 Å². The number of fused-ring (bicyclic) bond motifs is 1. The van der Waals surface area contributed by atoms with Gasteiger partial charge in [0.15, 0.2) is 17.2 Å². The summed E-state index contributed by atoms with van der Waals surface area (Å²) in [6.45, 7) is 6.42. The zero-order valence-electron chi connectivity index (χ0n) is 18.0. The summed E-state index contributed by atoms with van der Waals surface area (Å²) in [6.07, 6.45) is 0. The van der Waals surface area contributed by atoms with Crippen molar-refractivity contribution in [1.29, 1.82) is 0 Å². The number of methoxy groups -OCH3 is 2. The first kappa shape index (κ1) is 21.6. The molecule has 0 bridgehead atoms. The van der Waals surface area contributed by atoms with E-state index in [1.165, 1.54) is 19.1 Å². The fraction of sp³-hybridized carbons (Fsp3) is 0.391. The quantitative estimate of drug-likeness (QED) is 0.756. The zero-order valence-corrected chi connectivity index (χ0v) is 18.0. The van der Waals surface area contributed by atoms with Crippen LogP contribution >= 0.6 is 0 Å². The number of aliphatic hydroxyl groups is 1. The molecule has 0 unspecified atom stereocenters. The van der Waals surface area contributed by atoms with Crippen molar-refractivity contribution in [2.75, 3.05) is 27.3 Å². The van der Waals surface area contributed by atoms with Crippen molar-refractivity contribution < 1.29 is 24.2 Å². The second kappa shape index (κ2) is 8.36. The van der Waals surface area contributed by atoms with Gasteiger partial charge in [-0.1, -0.05) is 24.3 Å². The van der Waals surface area contributed by atoms with E-state index >= 15 is 0 Å². The summed E-state index contributed by atoms with van der Waals surface area (Å²) in [7, 11) is 2.98. The number of benzene rings is 2. The van der Waals surface area contributed by atoms with Crippen molar-refractivity contribution in [3.05, 3.63) is 59.2 Å². The first-order chi connectivity index (χ1) is 14.4. The first-order valence-corrected chi connectivity index (χ1v) is 10.0. The molecule has 1 aliphatic heterocycles. The Morgan fingerprint density at radius 1 is 1.07 bits per heavy atom. The van der Waals surface area contributed by atoms with Gasteiger partial charge >= 0.3 is 0 Å². The molecular weight excluding hydrogens is 384 g/mol. The van der Waals surface area contributed by atoms with Crippen LogP contribution in [0.2, 0.25) is 0 Å². The van der Waals surface area contributed by atoms with Crippen LogP contribution in [0.3, 0.4) is 0 Å². The van der Waals surface area contributed by atoms with Gasteiger partial charge in [0, 0.05) is 24.2 Å². The molecule has 7 nitrogen and oxygen atoms in total. The molecule has 0 aromatic heterocycles. The number of ether oxygens (including phenoxy) is 2. The largest absolute Gasteiger partial charge is 0.493 e. The molecular formula is C23H28N2O5. The smallest absolute Gasteiger partial charge is 0.257 e. The van der Waals surface area contributed by atoms with Gasteiger partial charge in [-0.05, 0) is 39.0 Å². The third-order valence-electron chi connectivity index (χ3n) is 5.70. The highest BCUT2D eigenvalue weighted by atomic mass is 16.5. The van der Waals surface area contributed by atoms with Gasteiger partial charge in [0.05, 0.1) is 19.8 Å². The number of carbonyl (C=O) groups is 2. The van der Waals surface area contributed by atoms with Crippen molar-refractivity contribution >= 4 is 11.8 Å². The minimum Gasteiger partial charge on any atom is -0.493 e. The maximum Gasteiger partial charge on any atom is 0.257 e. The second-order valence-electron chi connectivity index (χ2n) is 7.12. The normalized spacial score (nSPS) is 18.7. The SMILES string of the molecule is CCN(CC)C(=O)[C@H](C)N1C(=O)c2ccccc2[C@]1(O)c1cccc(OC)c1OC. The molecule has 2 atom stereocenters. The van der Waals surface area contributed by atoms with E-state index in [0.717, 1.165) is 0 Å².